The summed E-state index contributed by atoms with van der Waals surface area (Å²) in [5, 5.41) is 17.2. The molecule has 0 unspecified atom stereocenters. The first-order valence-electron chi connectivity index (χ1n) is 7.36. The van der Waals surface area contributed by atoms with Gasteiger partial charge in [-0.2, -0.15) is 0 Å². The van der Waals surface area contributed by atoms with Gasteiger partial charge in [-0.15, -0.1) is 10.2 Å². The normalized spacial score (nSPS) is 11.3. The van der Waals surface area contributed by atoms with Gasteiger partial charge in [-0.1, -0.05) is 37.7 Å². The van der Waals surface area contributed by atoms with E-state index in [1.807, 2.05) is 47.0 Å². The van der Waals surface area contributed by atoms with E-state index in [9.17, 15) is 4.79 Å². The highest BCUT2D eigenvalue weighted by molar-refractivity contribution is 7.99. The molecular weight excluding hydrogens is 310 g/mol. The first kappa shape index (κ1) is 15.6. The lowest BCUT2D eigenvalue weighted by Gasteiger charge is -2.06. The largest absolute Gasteiger partial charge is 0.481 e. The van der Waals surface area contributed by atoms with Crippen molar-refractivity contribution in [2.45, 2.75) is 36.0 Å². The molecule has 23 heavy (non-hydrogen) atoms. The molecule has 0 saturated heterocycles. The lowest BCUT2D eigenvalue weighted by Crippen LogP contribution is -1.99. The van der Waals surface area contributed by atoms with E-state index >= 15 is 0 Å². The average Bonchev–Trinajstić information content (AvgIpc) is 2.92. The number of nitrogens with zero attached hydrogens (tertiary/aromatic N) is 3. The Morgan fingerprint density at radius 2 is 1.83 bits per heavy atom. The Morgan fingerprint density at radius 3 is 2.48 bits per heavy atom. The third kappa shape index (κ3) is 3.53. The molecule has 3 rings (SSSR count). The Kier molecular flexibility index (Phi) is 4.34. The highest BCUT2D eigenvalue weighted by Gasteiger charge is 2.10. The molecule has 6 heteroatoms. The molecule has 3 aromatic rings. The summed E-state index contributed by atoms with van der Waals surface area (Å²) < 4.78 is 2.02. The lowest BCUT2D eigenvalue weighted by atomic mass is 10.2. The van der Waals surface area contributed by atoms with E-state index in [-0.39, 0.29) is 6.42 Å². The smallest absolute Gasteiger partial charge is 0.307 e. The average molecular weight is 327 g/mol. The number of fused-ring (bicyclic) bond motifs is 1. The maximum atomic E-state index is 10.7. The zero-order valence-electron chi connectivity index (χ0n) is 12.9. The topological polar surface area (TPSA) is 67.5 Å². The molecule has 0 fully saturated rings. The summed E-state index contributed by atoms with van der Waals surface area (Å²) in [4.78, 5) is 12.9. The summed E-state index contributed by atoms with van der Waals surface area (Å²) in [7, 11) is 0. The van der Waals surface area contributed by atoms with Gasteiger partial charge in [0.2, 0.25) is 0 Å². The molecule has 2 heterocycles. The van der Waals surface area contributed by atoms with Gasteiger partial charge in [-0.25, -0.2) is 0 Å². The summed E-state index contributed by atoms with van der Waals surface area (Å²) in [6, 6.07) is 11.6. The molecule has 118 valence electrons. The molecule has 0 aliphatic rings. The Bertz CT molecular complexity index is 841. The summed E-state index contributed by atoms with van der Waals surface area (Å²) >= 11 is 1.63. The van der Waals surface area contributed by atoms with Gasteiger partial charge in [0.25, 0.3) is 0 Å². The minimum Gasteiger partial charge on any atom is -0.481 e. The van der Waals surface area contributed by atoms with Crippen LogP contribution in [0.2, 0.25) is 0 Å². The lowest BCUT2D eigenvalue weighted by molar-refractivity contribution is -0.136. The summed E-state index contributed by atoms with van der Waals surface area (Å²) in [6.07, 6.45) is 2.09. The van der Waals surface area contributed by atoms with E-state index in [0.717, 1.165) is 26.8 Å². The van der Waals surface area contributed by atoms with Crippen molar-refractivity contribution < 1.29 is 9.90 Å². The van der Waals surface area contributed by atoms with Crippen molar-refractivity contribution in [2.75, 3.05) is 0 Å². The van der Waals surface area contributed by atoms with E-state index in [1.54, 1.807) is 11.8 Å². The number of rotatable bonds is 5. The molecule has 0 bridgehead atoms. The highest BCUT2D eigenvalue weighted by atomic mass is 32.2. The molecule has 0 radical (unpaired) electrons. The number of benzene rings is 1. The predicted molar refractivity (Wildman–Crippen MR) is 89.0 cm³/mol. The van der Waals surface area contributed by atoms with E-state index in [0.29, 0.717) is 5.92 Å². The molecule has 0 aliphatic carbocycles. The number of hydrogen-bond donors (Lipinski definition) is 1. The second-order valence-corrected chi connectivity index (χ2v) is 6.77. The van der Waals surface area contributed by atoms with Crippen molar-refractivity contribution in [1.29, 1.82) is 0 Å². The van der Waals surface area contributed by atoms with Crippen LogP contribution in [-0.2, 0) is 11.2 Å². The molecule has 0 spiro atoms. The minimum absolute atomic E-state index is 0.0510. The van der Waals surface area contributed by atoms with Crippen LogP contribution in [0.25, 0.3) is 5.65 Å². The fourth-order valence-electron chi connectivity index (χ4n) is 2.33. The molecule has 1 aromatic carbocycles. The predicted octanol–water partition coefficient (Wildman–Crippen LogP) is 3.63. The number of carboxylic acid groups (broad SMARTS) is 1. The molecular formula is C17H17N3O2S. The Balaban J connectivity index is 1.83. The maximum Gasteiger partial charge on any atom is 0.307 e. The molecule has 0 amide bonds. The van der Waals surface area contributed by atoms with Crippen molar-refractivity contribution in [3.8, 4) is 0 Å². The fraction of sp³-hybridized carbons (Fsp3) is 0.235. The van der Waals surface area contributed by atoms with Gasteiger partial charge in [0.15, 0.2) is 5.65 Å². The van der Waals surface area contributed by atoms with Gasteiger partial charge in [-0.3, -0.25) is 9.20 Å². The molecule has 2 aromatic heterocycles. The standard InChI is InChI=1S/C17H17N3O2S/c1-11(2)17-19-18-15-8-7-14(10-20(15)17)23-13-5-3-12(4-6-13)9-16(21)22/h3-8,10-11H,9H2,1-2H3,(H,21,22). The second-order valence-electron chi connectivity index (χ2n) is 5.62. The summed E-state index contributed by atoms with van der Waals surface area (Å²) in [5.41, 5.74) is 1.65. The molecule has 0 aliphatic heterocycles. The zero-order valence-corrected chi connectivity index (χ0v) is 13.7. The maximum absolute atomic E-state index is 10.7. The van der Waals surface area contributed by atoms with Crippen molar-refractivity contribution in [3.63, 3.8) is 0 Å². The number of aromatic nitrogens is 3. The Labute approximate surface area is 138 Å². The monoisotopic (exact) mass is 327 g/mol. The number of carbonyl (C=O) groups is 1. The molecule has 5 nitrogen and oxygen atoms in total. The van der Waals surface area contributed by atoms with Crippen LogP contribution < -0.4 is 0 Å². The van der Waals surface area contributed by atoms with Gasteiger partial charge >= 0.3 is 5.97 Å². The summed E-state index contributed by atoms with van der Waals surface area (Å²) in [6.45, 7) is 4.19. The van der Waals surface area contributed by atoms with Gasteiger partial charge < -0.3 is 5.11 Å². The highest BCUT2D eigenvalue weighted by Crippen LogP contribution is 2.28. The van der Waals surface area contributed by atoms with Gasteiger partial charge in [-0.05, 0) is 29.8 Å². The van der Waals surface area contributed by atoms with Crippen molar-refractivity contribution >= 4 is 23.4 Å². The van der Waals surface area contributed by atoms with Crippen LogP contribution in [0.1, 0.15) is 31.2 Å². The molecule has 0 saturated carbocycles. The third-order valence-corrected chi connectivity index (χ3v) is 4.42. The van der Waals surface area contributed by atoms with Crippen molar-refractivity contribution in [3.05, 3.63) is 54.0 Å². The van der Waals surface area contributed by atoms with E-state index in [4.69, 9.17) is 5.11 Å². The van der Waals surface area contributed by atoms with Gasteiger partial charge in [0.05, 0.1) is 6.42 Å². The van der Waals surface area contributed by atoms with Crippen LogP contribution in [0.15, 0.2) is 52.4 Å². The molecule has 0 atom stereocenters. The van der Waals surface area contributed by atoms with Crippen LogP contribution in [0.5, 0.6) is 0 Å². The first-order chi connectivity index (χ1) is 11.0. The van der Waals surface area contributed by atoms with E-state index < -0.39 is 5.97 Å². The number of pyridine rings is 1. The molecule has 1 N–H and O–H groups in total. The van der Waals surface area contributed by atoms with E-state index in [1.165, 1.54) is 0 Å². The Morgan fingerprint density at radius 1 is 1.13 bits per heavy atom. The summed E-state index contributed by atoms with van der Waals surface area (Å²) in [5.74, 6) is 0.435. The Hall–Kier alpha value is -2.34. The van der Waals surface area contributed by atoms with Crippen molar-refractivity contribution in [1.82, 2.24) is 14.6 Å². The van der Waals surface area contributed by atoms with Gasteiger partial charge in [0.1, 0.15) is 5.82 Å². The van der Waals surface area contributed by atoms with Crippen LogP contribution in [0.4, 0.5) is 0 Å². The van der Waals surface area contributed by atoms with E-state index in [2.05, 4.69) is 24.0 Å². The fourth-order valence-corrected chi connectivity index (χ4v) is 3.17. The van der Waals surface area contributed by atoms with Gasteiger partial charge in [0, 0.05) is 21.9 Å². The first-order valence-corrected chi connectivity index (χ1v) is 8.18. The quantitative estimate of drug-likeness (QED) is 0.775. The van der Waals surface area contributed by atoms with Crippen LogP contribution >= 0.6 is 11.8 Å². The van der Waals surface area contributed by atoms with Crippen LogP contribution in [0.3, 0.4) is 0 Å². The number of hydrogen-bond acceptors (Lipinski definition) is 4. The second kappa shape index (κ2) is 6.42. The van der Waals surface area contributed by atoms with Crippen LogP contribution in [0, 0.1) is 0 Å². The third-order valence-electron chi connectivity index (χ3n) is 3.43. The number of aliphatic carboxylic acids is 1. The van der Waals surface area contributed by atoms with Crippen molar-refractivity contribution in [2.24, 2.45) is 0 Å². The zero-order chi connectivity index (χ0) is 16.4. The SMILES string of the molecule is CC(C)c1nnc2ccc(Sc3ccc(CC(=O)O)cc3)cn12. The minimum atomic E-state index is -0.815. The number of carboxylic acids is 1. The van der Waals surface area contributed by atoms with Crippen LogP contribution in [-0.4, -0.2) is 25.7 Å².